The number of anilines is 1. The molecule has 0 aromatic carbocycles. The second kappa shape index (κ2) is 8.69. The minimum absolute atomic E-state index is 0.147. The van der Waals surface area contributed by atoms with Crippen LogP contribution in [0.4, 0.5) is 9.93 Å². The van der Waals surface area contributed by atoms with Gasteiger partial charge in [-0.25, -0.2) is 4.79 Å². The Kier molecular flexibility index (Phi) is 7.25. The van der Waals surface area contributed by atoms with Gasteiger partial charge in [0.15, 0.2) is 0 Å². The first kappa shape index (κ1) is 18.4. The molecule has 0 bridgehead atoms. The van der Waals surface area contributed by atoms with Crippen LogP contribution in [0.2, 0.25) is 0 Å². The van der Waals surface area contributed by atoms with Crippen LogP contribution in [0.5, 0.6) is 0 Å². The Morgan fingerprint density at radius 3 is 2.50 bits per heavy atom. The fourth-order valence-corrected chi connectivity index (χ4v) is 3.50. The summed E-state index contributed by atoms with van der Waals surface area (Å²) >= 11 is 1.42. The van der Waals surface area contributed by atoms with Crippen LogP contribution >= 0.6 is 11.3 Å². The van der Waals surface area contributed by atoms with E-state index in [4.69, 9.17) is 5.26 Å². The lowest BCUT2D eigenvalue weighted by Crippen LogP contribution is -2.40. The van der Waals surface area contributed by atoms with Gasteiger partial charge in [-0.1, -0.05) is 32.1 Å². The number of nitrogens with one attached hydrogen (secondary N) is 1. The van der Waals surface area contributed by atoms with Crippen molar-refractivity contribution in [1.29, 1.82) is 5.26 Å². The van der Waals surface area contributed by atoms with Crippen molar-refractivity contribution in [1.82, 2.24) is 15.5 Å². The predicted molar refractivity (Wildman–Crippen MR) is 89.1 cm³/mol. The summed E-state index contributed by atoms with van der Waals surface area (Å²) in [4.78, 5) is 13.8. The van der Waals surface area contributed by atoms with Crippen molar-refractivity contribution in [2.45, 2.75) is 58.8 Å². The molecule has 6 nitrogen and oxygen atoms in total. The van der Waals surface area contributed by atoms with Crippen LogP contribution in [0.15, 0.2) is 0 Å². The fourth-order valence-electron chi connectivity index (χ4n) is 2.26. The van der Waals surface area contributed by atoms with E-state index in [9.17, 15) is 4.79 Å². The first-order chi connectivity index (χ1) is 10.6. The van der Waals surface area contributed by atoms with Gasteiger partial charge < -0.3 is 5.32 Å². The molecule has 0 aliphatic carbocycles. The number of nitriles is 1. The zero-order chi connectivity index (χ0) is 16.6. The van der Waals surface area contributed by atoms with Crippen molar-refractivity contribution in [2.24, 2.45) is 0 Å². The summed E-state index contributed by atoms with van der Waals surface area (Å²) in [5.41, 5.74) is -0.260. The number of hydrogen-bond donors (Lipinski definition) is 1. The van der Waals surface area contributed by atoms with Gasteiger partial charge in [0.05, 0.1) is 6.07 Å². The van der Waals surface area contributed by atoms with Crippen molar-refractivity contribution < 1.29 is 4.79 Å². The Bertz CT molecular complexity index is 518. The lowest BCUT2D eigenvalue weighted by Gasteiger charge is -2.25. The van der Waals surface area contributed by atoms with Gasteiger partial charge in [-0.15, -0.1) is 10.2 Å². The second-order valence-corrected chi connectivity index (χ2v) is 6.14. The summed E-state index contributed by atoms with van der Waals surface area (Å²) in [6.07, 6.45) is 2.98. The third kappa shape index (κ3) is 3.95. The molecule has 0 radical (unpaired) electrons. The standard InChI is InChI=1S/C15H25N5OS/c1-5-11-17-13(21)20(8-4)14-19-18-12(22-14)15(6-2,7-3)9-10-16/h5-9,11H2,1-4H3,(H,17,21). The maximum absolute atomic E-state index is 12.2. The van der Waals surface area contributed by atoms with E-state index in [0.29, 0.717) is 24.6 Å². The summed E-state index contributed by atoms with van der Waals surface area (Å²) in [5, 5.41) is 21.9. The summed E-state index contributed by atoms with van der Waals surface area (Å²) in [6, 6.07) is 2.11. The van der Waals surface area contributed by atoms with Crippen molar-refractivity contribution in [3.63, 3.8) is 0 Å². The summed E-state index contributed by atoms with van der Waals surface area (Å²) in [6.45, 7) is 9.23. The Morgan fingerprint density at radius 1 is 1.32 bits per heavy atom. The van der Waals surface area contributed by atoms with E-state index in [1.165, 1.54) is 11.3 Å². The average Bonchev–Trinajstić information content (AvgIpc) is 3.01. The van der Waals surface area contributed by atoms with Gasteiger partial charge in [-0.3, -0.25) is 4.90 Å². The minimum Gasteiger partial charge on any atom is -0.338 e. The van der Waals surface area contributed by atoms with Gasteiger partial charge in [0.1, 0.15) is 5.01 Å². The van der Waals surface area contributed by atoms with Crippen molar-refractivity contribution >= 4 is 22.5 Å². The Labute approximate surface area is 136 Å². The number of rotatable bonds is 8. The van der Waals surface area contributed by atoms with Gasteiger partial charge in [-0.05, 0) is 26.2 Å². The average molecular weight is 323 g/mol. The normalized spacial score (nSPS) is 11.0. The number of urea groups is 1. The third-order valence-electron chi connectivity index (χ3n) is 3.96. The molecule has 0 aliphatic rings. The van der Waals surface area contributed by atoms with E-state index in [1.54, 1.807) is 4.90 Å². The molecule has 122 valence electrons. The Morgan fingerprint density at radius 2 is 2.00 bits per heavy atom. The molecule has 1 heterocycles. The molecule has 7 heteroatoms. The van der Waals surface area contributed by atoms with Gasteiger partial charge >= 0.3 is 6.03 Å². The molecule has 22 heavy (non-hydrogen) atoms. The van der Waals surface area contributed by atoms with Crippen molar-refractivity contribution in [3.05, 3.63) is 5.01 Å². The van der Waals surface area contributed by atoms with E-state index in [0.717, 1.165) is 24.3 Å². The van der Waals surface area contributed by atoms with Crippen LogP contribution < -0.4 is 10.2 Å². The number of carbonyl (C=O) groups excluding carboxylic acids is 1. The highest BCUT2D eigenvalue weighted by atomic mass is 32.1. The van der Waals surface area contributed by atoms with E-state index in [2.05, 4.69) is 35.4 Å². The van der Waals surface area contributed by atoms with Crippen LogP contribution in [0.25, 0.3) is 0 Å². The topological polar surface area (TPSA) is 81.9 Å². The van der Waals surface area contributed by atoms with Crippen LogP contribution in [0.3, 0.4) is 0 Å². The number of carbonyl (C=O) groups is 1. The van der Waals surface area contributed by atoms with E-state index in [-0.39, 0.29) is 11.4 Å². The molecule has 0 spiro atoms. The second-order valence-electron chi connectivity index (χ2n) is 5.19. The number of amides is 2. The molecule has 1 aromatic heterocycles. The molecule has 0 saturated heterocycles. The molecule has 0 aliphatic heterocycles. The summed E-state index contributed by atoms with van der Waals surface area (Å²) in [5.74, 6) is 0. The van der Waals surface area contributed by atoms with Crippen LogP contribution in [-0.4, -0.2) is 29.3 Å². The minimum atomic E-state index is -0.260. The lowest BCUT2D eigenvalue weighted by molar-refractivity contribution is 0.246. The zero-order valence-corrected chi connectivity index (χ0v) is 14.7. The molecule has 0 unspecified atom stereocenters. The van der Waals surface area contributed by atoms with Crippen LogP contribution in [0.1, 0.15) is 58.4 Å². The fraction of sp³-hybridized carbons (Fsp3) is 0.733. The molecule has 1 aromatic rings. The smallest absolute Gasteiger partial charge is 0.323 e. The quantitative estimate of drug-likeness (QED) is 0.794. The van der Waals surface area contributed by atoms with E-state index in [1.807, 2.05) is 13.8 Å². The molecule has 2 amide bonds. The highest BCUT2D eigenvalue weighted by Gasteiger charge is 2.33. The highest BCUT2D eigenvalue weighted by molar-refractivity contribution is 7.15. The number of hydrogen-bond acceptors (Lipinski definition) is 5. The van der Waals surface area contributed by atoms with Crippen LogP contribution in [0, 0.1) is 11.3 Å². The molecule has 1 rings (SSSR count). The number of aromatic nitrogens is 2. The van der Waals surface area contributed by atoms with Gasteiger partial charge in [0, 0.05) is 24.9 Å². The van der Waals surface area contributed by atoms with E-state index < -0.39 is 0 Å². The maximum Gasteiger partial charge on any atom is 0.323 e. The molecule has 0 saturated carbocycles. The van der Waals surface area contributed by atoms with Gasteiger partial charge in [-0.2, -0.15) is 5.26 Å². The lowest BCUT2D eigenvalue weighted by atomic mass is 9.80. The highest BCUT2D eigenvalue weighted by Crippen LogP contribution is 2.38. The van der Waals surface area contributed by atoms with Crippen LogP contribution in [-0.2, 0) is 5.41 Å². The van der Waals surface area contributed by atoms with Gasteiger partial charge in [0.2, 0.25) is 5.13 Å². The SMILES string of the molecule is CCCNC(=O)N(CC)c1nnc(C(CC)(CC)CC#N)s1. The monoisotopic (exact) mass is 323 g/mol. The zero-order valence-electron chi connectivity index (χ0n) is 13.8. The van der Waals surface area contributed by atoms with Gasteiger partial charge in [0.25, 0.3) is 0 Å². The predicted octanol–water partition coefficient (Wildman–Crippen LogP) is 3.46. The largest absolute Gasteiger partial charge is 0.338 e. The van der Waals surface area contributed by atoms with Crippen molar-refractivity contribution in [3.8, 4) is 6.07 Å². The first-order valence-electron chi connectivity index (χ1n) is 7.84. The molecular formula is C15H25N5OS. The molecule has 1 N–H and O–H groups in total. The maximum atomic E-state index is 12.2. The third-order valence-corrected chi connectivity index (χ3v) is 5.15. The Hall–Kier alpha value is -1.68. The Balaban J connectivity index is 3.02. The van der Waals surface area contributed by atoms with Crippen molar-refractivity contribution in [2.75, 3.05) is 18.0 Å². The summed E-state index contributed by atoms with van der Waals surface area (Å²) < 4.78 is 0. The number of nitrogens with zero attached hydrogens (tertiary/aromatic N) is 4. The molecule has 0 atom stereocenters. The molecular weight excluding hydrogens is 298 g/mol. The molecule has 0 fully saturated rings. The first-order valence-corrected chi connectivity index (χ1v) is 8.66. The summed E-state index contributed by atoms with van der Waals surface area (Å²) in [7, 11) is 0. The van der Waals surface area contributed by atoms with E-state index >= 15 is 0 Å².